The number of carbonyl (C=O) groups excluding carboxylic acids is 1. The molecule has 0 heterocycles. The molecule has 0 unspecified atom stereocenters. The first kappa shape index (κ1) is 21.6. The van der Waals surface area contributed by atoms with Gasteiger partial charge in [-0.05, 0) is 17.5 Å². The molecule has 0 aromatic heterocycles. The summed E-state index contributed by atoms with van der Waals surface area (Å²) in [5.41, 5.74) is 2.20. The molecule has 1 saturated carbocycles. The SMILES string of the molecule is O=C(N/N=C/c1cc([N+](=O)[O-])cc([N+](=O)[O-])c1O)[C@@H]1CC1(c1ccccc1)c1ccccc1. The molecular formula is C23H18N4O6. The lowest BCUT2D eigenvalue weighted by atomic mass is 9.85. The van der Waals surface area contributed by atoms with Crippen molar-refractivity contribution in [1.82, 2.24) is 5.43 Å². The molecule has 1 aliphatic carbocycles. The first-order valence-electron chi connectivity index (χ1n) is 9.94. The van der Waals surface area contributed by atoms with Crippen molar-refractivity contribution in [2.45, 2.75) is 11.8 Å². The van der Waals surface area contributed by atoms with E-state index in [-0.39, 0.29) is 11.5 Å². The Kier molecular flexibility index (Phi) is 5.57. The number of aromatic hydroxyl groups is 1. The van der Waals surface area contributed by atoms with Gasteiger partial charge in [0, 0.05) is 11.5 Å². The number of carbonyl (C=O) groups is 1. The summed E-state index contributed by atoms with van der Waals surface area (Å²) in [6.45, 7) is 0. The summed E-state index contributed by atoms with van der Waals surface area (Å²) in [5.74, 6) is -1.57. The van der Waals surface area contributed by atoms with Crippen molar-refractivity contribution >= 4 is 23.5 Å². The van der Waals surface area contributed by atoms with Crippen molar-refractivity contribution in [1.29, 1.82) is 0 Å². The number of hydrogen-bond donors (Lipinski definition) is 2. The Hall–Kier alpha value is -4.60. The van der Waals surface area contributed by atoms with E-state index in [1.165, 1.54) is 0 Å². The summed E-state index contributed by atoms with van der Waals surface area (Å²) in [7, 11) is 0. The fourth-order valence-corrected chi connectivity index (χ4v) is 4.07. The van der Waals surface area contributed by atoms with Gasteiger partial charge in [0.15, 0.2) is 0 Å². The van der Waals surface area contributed by atoms with Gasteiger partial charge in [0.25, 0.3) is 5.69 Å². The zero-order valence-electron chi connectivity index (χ0n) is 17.1. The molecule has 1 fully saturated rings. The highest BCUT2D eigenvalue weighted by molar-refractivity contribution is 5.90. The van der Waals surface area contributed by atoms with Crippen molar-refractivity contribution in [2.24, 2.45) is 11.0 Å². The van der Waals surface area contributed by atoms with Crippen LogP contribution >= 0.6 is 0 Å². The predicted octanol–water partition coefficient (Wildman–Crippen LogP) is 3.66. The minimum absolute atomic E-state index is 0.260. The summed E-state index contributed by atoms with van der Waals surface area (Å²) in [4.78, 5) is 33.3. The molecule has 0 aliphatic heterocycles. The quantitative estimate of drug-likeness (QED) is 0.321. The first-order valence-corrected chi connectivity index (χ1v) is 9.94. The van der Waals surface area contributed by atoms with E-state index in [9.17, 15) is 30.1 Å². The van der Waals surface area contributed by atoms with Gasteiger partial charge in [-0.15, -0.1) is 0 Å². The normalized spacial score (nSPS) is 16.3. The monoisotopic (exact) mass is 446 g/mol. The van der Waals surface area contributed by atoms with E-state index < -0.39 is 38.3 Å². The number of nitrogens with zero attached hydrogens (tertiary/aromatic N) is 3. The van der Waals surface area contributed by atoms with Crippen LogP contribution in [0.4, 0.5) is 11.4 Å². The number of nitrogens with one attached hydrogen (secondary N) is 1. The molecule has 1 aliphatic rings. The molecule has 3 aromatic rings. The molecule has 3 aromatic carbocycles. The fraction of sp³-hybridized carbons (Fsp3) is 0.130. The van der Waals surface area contributed by atoms with Gasteiger partial charge in [0.05, 0.1) is 33.6 Å². The summed E-state index contributed by atoms with van der Waals surface area (Å²) in [6.07, 6.45) is 1.51. The number of hydrazone groups is 1. The molecule has 4 rings (SSSR count). The molecule has 0 spiro atoms. The zero-order chi connectivity index (χ0) is 23.6. The topological polar surface area (TPSA) is 148 Å². The van der Waals surface area contributed by atoms with E-state index in [1.54, 1.807) is 0 Å². The van der Waals surface area contributed by atoms with Crippen molar-refractivity contribution < 1.29 is 19.7 Å². The van der Waals surface area contributed by atoms with Gasteiger partial charge in [-0.3, -0.25) is 25.0 Å². The second-order valence-electron chi connectivity index (χ2n) is 7.61. The van der Waals surface area contributed by atoms with Crippen LogP contribution < -0.4 is 5.43 Å². The van der Waals surface area contributed by atoms with Crippen LogP contribution in [-0.2, 0) is 10.2 Å². The number of rotatable bonds is 7. The van der Waals surface area contributed by atoms with Crippen LogP contribution in [-0.4, -0.2) is 27.1 Å². The second kappa shape index (κ2) is 8.50. The van der Waals surface area contributed by atoms with Gasteiger partial charge in [-0.1, -0.05) is 60.7 Å². The molecule has 0 bridgehead atoms. The summed E-state index contributed by atoms with van der Waals surface area (Å²) in [5, 5.41) is 36.0. The number of phenols is 1. The highest BCUT2D eigenvalue weighted by atomic mass is 16.6. The third kappa shape index (κ3) is 4.01. The lowest BCUT2D eigenvalue weighted by Gasteiger charge is -2.18. The molecule has 0 saturated heterocycles. The van der Waals surface area contributed by atoms with E-state index >= 15 is 0 Å². The Morgan fingerprint density at radius 2 is 1.58 bits per heavy atom. The molecule has 10 nitrogen and oxygen atoms in total. The maximum absolute atomic E-state index is 12.9. The van der Waals surface area contributed by atoms with E-state index in [4.69, 9.17) is 0 Å². The average Bonchev–Trinajstić information content (AvgIpc) is 3.58. The molecule has 166 valence electrons. The van der Waals surface area contributed by atoms with Gasteiger partial charge < -0.3 is 5.11 Å². The van der Waals surface area contributed by atoms with Crippen LogP contribution in [0.1, 0.15) is 23.1 Å². The van der Waals surface area contributed by atoms with Crippen molar-refractivity contribution in [3.63, 3.8) is 0 Å². The number of nitro benzene ring substituents is 2. The van der Waals surface area contributed by atoms with Crippen LogP contribution in [0.3, 0.4) is 0 Å². The van der Waals surface area contributed by atoms with Crippen LogP contribution in [0.15, 0.2) is 77.9 Å². The third-order valence-electron chi connectivity index (χ3n) is 5.75. The van der Waals surface area contributed by atoms with Crippen molar-refractivity contribution in [3.05, 3.63) is 110 Å². The number of phenolic OH excluding ortho intramolecular Hbond substituents is 1. The predicted molar refractivity (Wildman–Crippen MR) is 119 cm³/mol. The Balaban J connectivity index is 1.58. The first-order chi connectivity index (χ1) is 15.8. The maximum Gasteiger partial charge on any atom is 0.318 e. The number of amides is 1. The third-order valence-corrected chi connectivity index (χ3v) is 5.75. The lowest BCUT2D eigenvalue weighted by molar-refractivity contribution is -0.394. The van der Waals surface area contributed by atoms with E-state index in [2.05, 4.69) is 10.5 Å². The van der Waals surface area contributed by atoms with E-state index in [0.717, 1.165) is 23.4 Å². The van der Waals surface area contributed by atoms with E-state index in [0.29, 0.717) is 12.5 Å². The molecule has 1 atom stereocenters. The highest BCUT2D eigenvalue weighted by Gasteiger charge is 2.60. The van der Waals surface area contributed by atoms with Crippen LogP contribution in [0.25, 0.3) is 0 Å². The average molecular weight is 446 g/mol. The van der Waals surface area contributed by atoms with Crippen molar-refractivity contribution in [2.75, 3.05) is 0 Å². The van der Waals surface area contributed by atoms with Crippen LogP contribution in [0.2, 0.25) is 0 Å². The maximum atomic E-state index is 12.9. The van der Waals surface area contributed by atoms with Gasteiger partial charge in [-0.2, -0.15) is 5.10 Å². The molecule has 10 heteroatoms. The summed E-state index contributed by atoms with van der Waals surface area (Å²) >= 11 is 0. The summed E-state index contributed by atoms with van der Waals surface area (Å²) in [6, 6.07) is 20.9. The Morgan fingerprint density at radius 3 is 2.09 bits per heavy atom. The number of nitro groups is 2. The van der Waals surface area contributed by atoms with Gasteiger partial charge in [0.1, 0.15) is 0 Å². The van der Waals surface area contributed by atoms with E-state index in [1.807, 2.05) is 60.7 Å². The second-order valence-corrected chi connectivity index (χ2v) is 7.61. The largest absolute Gasteiger partial charge is 0.502 e. The minimum atomic E-state index is -0.934. The number of hydrogen-bond acceptors (Lipinski definition) is 7. The smallest absolute Gasteiger partial charge is 0.318 e. The molecular weight excluding hydrogens is 428 g/mol. The Morgan fingerprint density at radius 1 is 1.00 bits per heavy atom. The van der Waals surface area contributed by atoms with Crippen LogP contribution in [0, 0.1) is 26.1 Å². The molecule has 33 heavy (non-hydrogen) atoms. The van der Waals surface area contributed by atoms with Gasteiger partial charge in [0.2, 0.25) is 11.7 Å². The molecule has 2 N–H and O–H groups in total. The minimum Gasteiger partial charge on any atom is -0.502 e. The van der Waals surface area contributed by atoms with Gasteiger partial charge >= 0.3 is 5.69 Å². The number of benzene rings is 3. The highest BCUT2D eigenvalue weighted by Crippen LogP contribution is 2.58. The Labute approximate surface area is 187 Å². The zero-order valence-corrected chi connectivity index (χ0v) is 17.1. The summed E-state index contributed by atoms with van der Waals surface area (Å²) < 4.78 is 0. The molecule has 0 radical (unpaired) electrons. The number of non-ortho nitro benzene ring substituents is 1. The van der Waals surface area contributed by atoms with Gasteiger partial charge in [-0.25, -0.2) is 5.43 Å². The van der Waals surface area contributed by atoms with Crippen LogP contribution in [0.5, 0.6) is 5.75 Å². The van der Waals surface area contributed by atoms with Crippen molar-refractivity contribution in [3.8, 4) is 5.75 Å². The Bertz CT molecular complexity index is 1220. The fourth-order valence-electron chi connectivity index (χ4n) is 4.07. The molecule has 1 amide bonds. The standard InChI is InChI=1S/C23H18N4O6/c28-21-15(11-18(26(30)31)12-20(21)27(32)33)14-24-25-22(29)19-13-23(19,16-7-3-1-4-8-16)17-9-5-2-6-10-17/h1-12,14,19,28H,13H2,(H,25,29)/b24-14+/t19-/m0/s1. The lowest BCUT2D eigenvalue weighted by Crippen LogP contribution is -2.25.